The van der Waals surface area contributed by atoms with Gasteiger partial charge in [-0.15, -0.1) is 0 Å². The van der Waals surface area contributed by atoms with Gasteiger partial charge in [0.15, 0.2) is 0 Å². The zero-order valence-corrected chi connectivity index (χ0v) is 12.5. The average Bonchev–Trinajstić information content (AvgIpc) is 2.41. The summed E-state index contributed by atoms with van der Waals surface area (Å²) >= 11 is 11.2. The number of hydrogen-bond donors (Lipinski definition) is 1. The fraction of sp³-hybridized carbons (Fsp3) is 0. The molecule has 1 aromatic carbocycles. The lowest BCUT2D eigenvalue weighted by Gasteiger charge is -2.08. The van der Waals surface area contributed by atoms with Crippen molar-refractivity contribution in [3.05, 3.63) is 56.8 Å². The van der Waals surface area contributed by atoms with Gasteiger partial charge in [-0.1, -0.05) is 23.2 Å². The van der Waals surface area contributed by atoms with E-state index >= 15 is 0 Å². The first-order valence-corrected chi connectivity index (χ1v) is 7.62. The summed E-state index contributed by atoms with van der Waals surface area (Å²) in [6.07, 6.45) is 1.05. The summed E-state index contributed by atoms with van der Waals surface area (Å²) < 4.78 is 26.4. The van der Waals surface area contributed by atoms with Crippen LogP contribution < -0.4 is 4.72 Å². The largest absolute Gasteiger partial charge is 0.294 e. The Morgan fingerprint density at radius 3 is 2.48 bits per heavy atom. The average molecular weight is 348 g/mol. The van der Waals surface area contributed by atoms with Crippen LogP contribution in [0.5, 0.6) is 0 Å². The van der Waals surface area contributed by atoms with Gasteiger partial charge >= 0.3 is 0 Å². The number of nitro benzene ring substituents is 1. The van der Waals surface area contributed by atoms with Gasteiger partial charge in [0.2, 0.25) is 0 Å². The van der Waals surface area contributed by atoms with Gasteiger partial charge in [0.25, 0.3) is 15.7 Å². The van der Waals surface area contributed by atoms with Crippen LogP contribution in [0, 0.1) is 10.1 Å². The van der Waals surface area contributed by atoms with Crippen molar-refractivity contribution < 1.29 is 13.3 Å². The smallest absolute Gasteiger partial charge is 0.273 e. The van der Waals surface area contributed by atoms with Crippen LogP contribution in [-0.4, -0.2) is 18.3 Å². The first-order valence-electron chi connectivity index (χ1n) is 5.38. The van der Waals surface area contributed by atoms with E-state index in [1.165, 1.54) is 24.3 Å². The van der Waals surface area contributed by atoms with Crippen molar-refractivity contribution >= 4 is 44.6 Å². The summed E-state index contributed by atoms with van der Waals surface area (Å²) in [5.74, 6) is 0. The van der Waals surface area contributed by atoms with Gasteiger partial charge < -0.3 is 0 Å². The molecule has 0 saturated carbocycles. The Morgan fingerprint density at radius 1 is 1.19 bits per heavy atom. The van der Waals surface area contributed by atoms with Gasteiger partial charge in [-0.2, -0.15) is 0 Å². The van der Waals surface area contributed by atoms with Gasteiger partial charge in [-0.3, -0.25) is 14.8 Å². The fourth-order valence-corrected chi connectivity index (χ4v) is 2.76. The molecule has 1 heterocycles. The molecule has 0 aliphatic carbocycles. The molecule has 1 aromatic heterocycles. The van der Waals surface area contributed by atoms with Crippen LogP contribution in [0.4, 0.5) is 11.4 Å². The summed E-state index contributed by atoms with van der Waals surface area (Å²) in [5.41, 5.74) is -0.646. The first-order chi connectivity index (χ1) is 9.79. The van der Waals surface area contributed by atoms with E-state index in [-0.39, 0.29) is 20.8 Å². The highest BCUT2D eigenvalue weighted by atomic mass is 35.5. The number of halogens is 2. The maximum atomic E-state index is 12.1. The lowest BCUT2D eigenvalue weighted by atomic mass is 10.3. The van der Waals surface area contributed by atoms with Crippen LogP contribution in [0.3, 0.4) is 0 Å². The highest BCUT2D eigenvalue weighted by molar-refractivity contribution is 7.92. The number of sulfonamides is 1. The zero-order valence-electron chi connectivity index (χ0n) is 10.2. The Hall–Kier alpha value is -1.90. The molecule has 0 amide bonds. The highest BCUT2D eigenvalue weighted by Gasteiger charge is 2.21. The molecule has 0 fully saturated rings. The van der Waals surface area contributed by atoms with Crippen LogP contribution in [0.2, 0.25) is 10.2 Å². The maximum Gasteiger partial charge on any atom is 0.294 e. The molecule has 7 nitrogen and oxygen atoms in total. The number of hydrogen-bond acceptors (Lipinski definition) is 5. The van der Waals surface area contributed by atoms with Crippen molar-refractivity contribution in [3.63, 3.8) is 0 Å². The van der Waals surface area contributed by atoms with E-state index in [4.69, 9.17) is 23.2 Å². The predicted molar refractivity (Wildman–Crippen MR) is 78.2 cm³/mol. The van der Waals surface area contributed by atoms with Crippen molar-refractivity contribution in [1.82, 2.24) is 4.98 Å². The third-order valence-corrected chi connectivity index (χ3v) is 4.22. The summed E-state index contributed by atoms with van der Waals surface area (Å²) in [6.45, 7) is 0. The predicted octanol–water partition coefficient (Wildman–Crippen LogP) is 3.10. The number of nitro groups is 1. The van der Waals surface area contributed by atoms with Crippen molar-refractivity contribution in [2.75, 3.05) is 4.72 Å². The third-order valence-electron chi connectivity index (χ3n) is 2.41. The third kappa shape index (κ3) is 3.60. The van der Waals surface area contributed by atoms with E-state index in [0.717, 1.165) is 12.3 Å². The molecule has 2 rings (SSSR count). The highest BCUT2D eigenvalue weighted by Crippen LogP contribution is 2.29. The van der Waals surface area contributed by atoms with Gasteiger partial charge in [0, 0.05) is 17.3 Å². The summed E-state index contributed by atoms with van der Waals surface area (Å²) in [6, 6.07) is 6.14. The number of anilines is 1. The molecule has 0 saturated heterocycles. The van der Waals surface area contributed by atoms with Crippen LogP contribution in [0.1, 0.15) is 0 Å². The minimum absolute atomic E-state index is 0.123. The van der Waals surface area contributed by atoms with Crippen molar-refractivity contribution in [2.45, 2.75) is 4.90 Å². The molecule has 0 unspecified atom stereocenters. The number of pyridine rings is 1. The normalized spacial score (nSPS) is 11.1. The molecule has 0 atom stereocenters. The summed E-state index contributed by atoms with van der Waals surface area (Å²) in [7, 11) is -4.02. The van der Waals surface area contributed by atoms with Crippen LogP contribution in [0.25, 0.3) is 0 Å². The first kappa shape index (κ1) is 15.5. The summed E-state index contributed by atoms with van der Waals surface area (Å²) in [5, 5.41) is 11.2. The number of nitrogens with zero attached hydrogens (tertiary/aromatic N) is 2. The molecule has 21 heavy (non-hydrogen) atoms. The van der Waals surface area contributed by atoms with Crippen molar-refractivity contribution in [1.29, 1.82) is 0 Å². The van der Waals surface area contributed by atoms with Gasteiger partial charge in [0.05, 0.1) is 4.92 Å². The van der Waals surface area contributed by atoms with Gasteiger partial charge in [-0.05, 0) is 24.3 Å². The lowest BCUT2D eigenvalue weighted by Crippen LogP contribution is -2.14. The zero-order chi connectivity index (χ0) is 15.6. The van der Waals surface area contributed by atoms with Gasteiger partial charge in [0.1, 0.15) is 15.7 Å². The van der Waals surface area contributed by atoms with E-state index in [1.54, 1.807) is 0 Å². The molecule has 1 N–H and O–H groups in total. The molecule has 2 aromatic rings. The quantitative estimate of drug-likeness (QED) is 0.520. The molecule has 10 heteroatoms. The van der Waals surface area contributed by atoms with Crippen LogP contribution in [0.15, 0.2) is 41.4 Å². The topological polar surface area (TPSA) is 102 Å². The molecule has 0 bridgehead atoms. The van der Waals surface area contributed by atoms with Crippen LogP contribution >= 0.6 is 23.2 Å². The van der Waals surface area contributed by atoms with Crippen molar-refractivity contribution in [2.24, 2.45) is 0 Å². The van der Waals surface area contributed by atoms with E-state index < -0.39 is 20.6 Å². The monoisotopic (exact) mass is 347 g/mol. The fourth-order valence-electron chi connectivity index (χ4n) is 1.47. The second kappa shape index (κ2) is 5.84. The lowest BCUT2D eigenvalue weighted by molar-refractivity contribution is -0.383. The Labute approximate surface area is 129 Å². The molecule has 0 aliphatic heterocycles. The van der Waals surface area contributed by atoms with Crippen LogP contribution in [-0.2, 0) is 10.0 Å². The van der Waals surface area contributed by atoms with E-state index in [9.17, 15) is 18.5 Å². The minimum atomic E-state index is -4.02. The SMILES string of the molecule is O=[N+]([O-])c1cc(Cl)ccc1NS(=O)(=O)c1ccc(Cl)nc1. The molecule has 0 radical (unpaired) electrons. The van der Waals surface area contributed by atoms with E-state index in [2.05, 4.69) is 9.71 Å². The number of aromatic nitrogens is 1. The summed E-state index contributed by atoms with van der Waals surface area (Å²) in [4.78, 5) is 13.7. The molecular formula is C11H7Cl2N3O4S. The second-order valence-electron chi connectivity index (χ2n) is 3.84. The number of nitrogens with one attached hydrogen (secondary N) is 1. The van der Waals surface area contributed by atoms with Gasteiger partial charge in [-0.25, -0.2) is 13.4 Å². The maximum absolute atomic E-state index is 12.1. The Bertz CT molecular complexity index is 794. The Kier molecular flexibility index (Phi) is 4.31. The van der Waals surface area contributed by atoms with Crippen molar-refractivity contribution in [3.8, 4) is 0 Å². The molecular weight excluding hydrogens is 341 g/mol. The minimum Gasteiger partial charge on any atom is -0.273 e. The van der Waals surface area contributed by atoms with E-state index in [1.807, 2.05) is 0 Å². The standard InChI is InChI=1S/C11H7Cl2N3O4S/c12-7-1-3-9(10(5-7)16(17)18)15-21(19,20)8-2-4-11(13)14-6-8/h1-6,15H. The number of benzene rings is 1. The molecule has 0 aliphatic rings. The Morgan fingerprint density at radius 2 is 1.90 bits per heavy atom. The molecule has 0 spiro atoms. The number of rotatable bonds is 4. The second-order valence-corrected chi connectivity index (χ2v) is 6.35. The van der Waals surface area contributed by atoms with E-state index in [0.29, 0.717) is 0 Å². The Balaban J connectivity index is 2.41. The molecule has 110 valence electrons.